The van der Waals surface area contributed by atoms with E-state index in [4.69, 9.17) is 5.11 Å². The van der Waals surface area contributed by atoms with Crippen molar-refractivity contribution in [1.82, 2.24) is 14.8 Å². The van der Waals surface area contributed by atoms with Crippen LogP contribution in [0.25, 0.3) is 5.69 Å². The number of benzene rings is 1. The minimum Gasteiger partial charge on any atom is -0.481 e. The minimum atomic E-state index is -0.867. The van der Waals surface area contributed by atoms with Gasteiger partial charge in [-0.2, -0.15) is 0 Å². The van der Waals surface area contributed by atoms with E-state index in [0.717, 1.165) is 33.3 Å². The fourth-order valence-electron chi connectivity index (χ4n) is 2.02. The van der Waals surface area contributed by atoms with Crippen LogP contribution in [-0.4, -0.2) is 31.6 Å². The van der Waals surface area contributed by atoms with Gasteiger partial charge in [0.2, 0.25) is 0 Å². The fourth-order valence-corrected chi connectivity index (χ4v) is 4.04. The number of aliphatic carboxylic acids is 1. The van der Waals surface area contributed by atoms with Crippen molar-refractivity contribution >= 4 is 49.6 Å². The molecule has 1 saturated carbocycles. The molecule has 110 valence electrons. The van der Waals surface area contributed by atoms with Gasteiger partial charge in [-0.15, -0.1) is 10.2 Å². The van der Waals surface area contributed by atoms with Gasteiger partial charge in [0.05, 0.1) is 11.4 Å². The maximum Gasteiger partial charge on any atom is 0.313 e. The summed E-state index contributed by atoms with van der Waals surface area (Å²) in [4.78, 5) is 10.8. The Balaban J connectivity index is 2.09. The normalized spacial score (nSPS) is 14.4. The van der Waals surface area contributed by atoms with Crippen molar-refractivity contribution in [2.24, 2.45) is 0 Å². The number of carboxylic acids is 1. The summed E-state index contributed by atoms with van der Waals surface area (Å²) < 4.78 is 3.78. The number of carboxylic acid groups (broad SMARTS) is 1. The number of nitrogens with zero attached hydrogens (tertiary/aromatic N) is 3. The average molecular weight is 433 g/mol. The molecule has 1 aromatic heterocycles. The number of aromatic nitrogens is 3. The number of rotatable bonds is 5. The number of thioether (sulfide) groups is 1. The van der Waals surface area contributed by atoms with Gasteiger partial charge in [-0.25, -0.2) is 0 Å². The standard InChI is InChI=1S/C13H11Br2N3O2S/c14-8-2-1-3-9(15)11(8)18-12(7-4-5-7)16-17-13(18)21-6-10(19)20/h1-3,7H,4-6H2,(H,19,20). The van der Waals surface area contributed by atoms with Crippen molar-refractivity contribution in [3.05, 3.63) is 33.0 Å². The lowest BCUT2D eigenvalue weighted by Crippen LogP contribution is -2.05. The van der Waals surface area contributed by atoms with Gasteiger partial charge >= 0.3 is 5.97 Å². The summed E-state index contributed by atoms with van der Waals surface area (Å²) in [6, 6.07) is 5.83. The molecule has 0 aliphatic heterocycles. The van der Waals surface area contributed by atoms with Gasteiger partial charge < -0.3 is 5.11 Å². The number of para-hydroxylation sites is 1. The Morgan fingerprint density at radius 3 is 2.57 bits per heavy atom. The summed E-state index contributed by atoms with van der Waals surface area (Å²) in [6.45, 7) is 0. The molecule has 0 bridgehead atoms. The number of halogens is 2. The van der Waals surface area contributed by atoms with Crippen molar-refractivity contribution < 1.29 is 9.90 Å². The quantitative estimate of drug-likeness (QED) is 0.726. The average Bonchev–Trinajstić information content (AvgIpc) is 3.18. The van der Waals surface area contributed by atoms with Gasteiger partial charge in [0.15, 0.2) is 5.16 Å². The summed E-state index contributed by atoms with van der Waals surface area (Å²) in [5.41, 5.74) is 0.914. The highest BCUT2D eigenvalue weighted by molar-refractivity contribution is 9.11. The van der Waals surface area contributed by atoms with Crippen LogP contribution in [0, 0.1) is 0 Å². The molecule has 1 heterocycles. The third-order valence-corrected chi connectivity index (χ3v) is 5.28. The Morgan fingerprint density at radius 1 is 1.33 bits per heavy atom. The molecule has 0 atom stereocenters. The van der Waals surface area contributed by atoms with E-state index in [1.807, 2.05) is 22.8 Å². The lowest BCUT2D eigenvalue weighted by Gasteiger charge is -2.13. The van der Waals surface area contributed by atoms with Crippen LogP contribution in [-0.2, 0) is 4.79 Å². The van der Waals surface area contributed by atoms with E-state index in [0.29, 0.717) is 11.1 Å². The van der Waals surface area contributed by atoms with Crippen molar-refractivity contribution in [1.29, 1.82) is 0 Å². The summed E-state index contributed by atoms with van der Waals surface area (Å²) in [5, 5.41) is 17.9. The molecule has 0 spiro atoms. The van der Waals surface area contributed by atoms with E-state index in [-0.39, 0.29) is 5.75 Å². The molecule has 1 fully saturated rings. The molecule has 1 aromatic carbocycles. The Morgan fingerprint density at radius 2 is 2.00 bits per heavy atom. The van der Waals surface area contributed by atoms with Gasteiger partial charge in [-0.1, -0.05) is 17.8 Å². The molecule has 1 aliphatic rings. The topological polar surface area (TPSA) is 68.0 Å². The van der Waals surface area contributed by atoms with Crippen molar-refractivity contribution in [3.8, 4) is 5.69 Å². The number of hydrogen-bond donors (Lipinski definition) is 1. The van der Waals surface area contributed by atoms with Crippen LogP contribution in [0.1, 0.15) is 24.6 Å². The van der Waals surface area contributed by atoms with Crippen LogP contribution in [0.3, 0.4) is 0 Å². The van der Waals surface area contributed by atoms with Crippen LogP contribution < -0.4 is 0 Å². The molecule has 0 saturated heterocycles. The Bertz CT molecular complexity index is 680. The van der Waals surface area contributed by atoms with E-state index < -0.39 is 5.97 Å². The third-order valence-electron chi connectivity index (χ3n) is 3.09. The second-order valence-corrected chi connectivity index (χ2v) is 7.35. The van der Waals surface area contributed by atoms with Crippen LogP contribution in [0.4, 0.5) is 0 Å². The molecular weight excluding hydrogens is 422 g/mol. The summed E-state index contributed by atoms with van der Waals surface area (Å²) in [5.74, 6) is 0.408. The smallest absolute Gasteiger partial charge is 0.313 e. The van der Waals surface area contributed by atoms with Gasteiger partial charge in [-0.05, 0) is 56.8 Å². The van der Waals surface area contributed by atoms with E-state index in [2.05, 4.69) is 42.1 Å². The monoisotopic (exact) mass is 431 g/mol. The Hall–Kier alpha value is -0.860. The lowest BCUT2D eigenvalue weighted by molar-refractivity contribution is -0.133. The SMILES string of the molecule is O=C(O)CSc1nnc(C2CC2)n1-c1c(Br)cccc1Br. The predicted molar refractivity (Wildman–Crippen MR) is 87.1 cm³/mol. The largest absolute Gasteiger partial charge is 0.481 e. The van der Waals surface area contributed by atoms with Crippen molar-refractivity contribution in [3.63, 3.8) is 0 Å². The van der Waals surface area contributed by atoms with Crippen molar-refractivity contribution in [2.75, 3.05) is 5.75 Å². The number of hydrogen-bond acceptors (Lipinski definition) is 4. The molecule has 1 aliphatic carbocycles. The van der Waals surface area contributed by atoms with Crippen LogP contribution in [0.2, 0.25) is 0 Å². The van der Waals surface area contributed by atoms with E-state index in [1.54, 1.807) is 0 Å². The molecule has 2 aromatic rings. The minimum absolute atomic E-state index is 0.0368. The van der Waals surface area contributed by atoms with Crippen LogP contribution in [0.15, 0.2) is 32.3 Å². The number of carbonyl (C=O) groups is 1. The summed E-state index contributed by atoms with van der Waals surface area (Å²) in [7, 11) is 0. The second kappa shape index (κ2) is 6.10. The molecule has 21 heavy (non-hydrogen) atoms. The van der Waals surface area contributed by atoms with Gasteiger partial charge in [0.1, 0.15) is 5.82 Å². The van der Waals surface area contributed by atoms with Crippen molar-refractivity contribution in [2.45, 2.75) is 23.9 Å². The predicted octanol–water partition coefficient (Wildman–Crippen LogP) is 3.85. The van der Waals surface area contributed by atoms with Crippen LogP contribution >= 0.6 is 43.6 Å². The van der Waals surface area contributed by atoms with E-state index >= 15 is 0 Å². The Labute approximate surface area is 142 Å². The first-order valence-corrected chi connectivity index (χ1v) is 8.89. The maximum absolute atomic E-state index is 10.8. The lowest BCUT2D eigenvalue weighted by atomic mass is 10.3. The molecule has 3 rings (SSSR count). The highest BCUT2D eigenvalue weighted by atomic mass is 79.9. The van der Waals surface area contributed by atoms with Gasteiger partial charge in [0.25, 0.3) is 0 Å². The Kier molecular flexibility index (Phi) is 4.37. The first-order chi connectivity index (χ1) is 10.1. The van der Waals surface area contributed by atoms with E-state index in [9.17, 15) is 4.79 Å². The molecule has 0 unspecified atom stereocenters. The fraction of sp³-hybridized carbons (Fsp3) is 0.308. The molecule has 8 heteroatoms. The highest BCUT2D eigenvalue weighted by Crippen LogP contribution is 2.43. The summed E-state index contributed by atoms with van der Waals surface area (Å²) >= 11 is 8.29. The first kappa shape index (κ1) is 15.1. The summed E-state index contributed by atoms with van der Waals surface area (Å²) in [6.07, 6.45) is 2.20. The zero-order chi connectivity index (χ0) is 15.0. The third kappa shape index (κ3) is 3.17. The maximum atomic E-state index is 10.8. The zero-order valence-corrected chi connectivity index (χ0v) is 14.8. The molecule has 1 N–H and O–H groups in total. The van der Waals surface area contributed by atoms with Gasteiger partial charge in [0, 0.05) is 14.9 Å². The van der Waals surface area contributed by atoms with Gasteiger partial charge in [-0.3, -0.25) is 9.36 Å². The second-order valence-electron chi connectivity index (χ2n) is 4.70. The molecule has 0 amide bonds. The first-order valence-electron chi connectivity index (χ1n) is 6.32. The van der Waals surface area contributed by atoms with E-state index in [1.165, 1.54) is 11.8 Å². The zero-order valence-electron chi connectivity index (χ0n) is 10.8. The molecule has 0 radical (unpaired) electrons. The highest BCUT2D eigenvalue weighted by Gasteiger charge is 2.32. The molecule has 5 nitrogen and oxygen atoms in total. The van der Waals surface area contributed by atoms with Crippen LogP contribution in [0.5, 0.6) is 0 Å². The molecular formula is C13H11Br2N3O2S.